The lowest BCUT2D eigenvalue weighted by molar-refractivity contribution is -0.114. The number of anilines is 3. The predicted octanol–water partition coefficient (Wildman–Crippen LogP) is 4.99. The number of carbonyl (C=O) groups is 4. The molecule has 0 saturated carbocycles. The molecule has 0 spiro atoms. The van der Waals surface area contributed by atoms with Gasteiger partial charge in [-0.15, -0.1) is 11.8 Å². The number of primary amides is 1. The van der Waals surface area contributed by atoms with Gasteiger partial charge in [-0.2, -0.15) is 0 Å². The lowest BCUT2D eigenvalue weighted by Crippen LogP contribution is -2.30. The van der Waals surface area contributed by atoms with Crippen LogP contribution in [0.25, 0.3) is 6.08 Å². The minimum Gasteiger partial charge on any atom is -0.378 e. The second-order valence-corrected chi connectivity index (χ2v) is 10.6. The number of thioether (sulfide) groups is 1. The van der Waals surface area contributed by atoms with Crippen LogP contribution in [0.15, 0.2) is 114 Å². The van der Waals surface area contributed by atoms with Crippen LogP contribution in [-0.4, -0.2) is 43.5 Å². The first kappa shape index (κ1) is 30.6. The van der Waals surface area contributed by atoms with Gasteiger partial charge in [0.1, 0.15) is 5.70 Å². The quantitative estimate of drug-likeness (QED) is 0.143. The summed E-state index contributed by atoms with van der Waals surface area (Å²) in [6, 6.07) is 29.7. The molecular formula is C33H31N5O4S. The van der Waals surface area contributed by atoms with Gasteiger partial charge in [0.15, 0.2) is 0 Å². The van der Waals surface area contributed by atoms with E-state index in [0.29, 0.717) is 16.9 Å². The molecule has 4 amide bonds. The molecule has 4 aromatic carbocycles. The number of amides is 4. The van der Waals surface area contributed by atoms with Gasteiger partial charge in [0, 0.05) is 35.9 Å². The Morgan fingerprint density at radius 1 is 0.791 bits per heavy atom. The maximum absolute atomic E-state index is 13.3. The van der Waals surface area contributed by atoms with Crippen LogP contribution in [0.5, 0.6) is 0 Å². The van der Waals surface area contributed by atoms with Gasteiger partial charge in [-0.25, -0.2) is 0 Å². The van der Waals surface area contributed by atoms with Crippen LogP contribution in [0.3, 0.4) is 0 Å². The van der Waals surface area contributed by atoms with Crippen LogP contribution in [0.1, 0.15) is 26.3 Å². The molecule has 0 atom stereocenters. The number of nitrogens with two attached hydrogens (primary N) is 1. The smallest absolute Gasteiger partial charge is 0.272 e. The van der Waals surface area contributed by atoms with Gasteiger partial charge in [0.2, 0.25) is 5.91 Å². The predicted molar refractivity (Wildman–Crippen MR) is 172 cm³/mol. The van der Waals surface area contributed by atoms with Crippen molar-refractivity contribution >= 4 is 58.5 Å². The Hall–Kier alpha value is -5.35. The highest BCUT2D eigenvalue weighted by Gasteiger charge is 2.16. The standard InChI is InChI=1S/C33H31N5O4S/c1-38(2)25-16-12-22(13-17-25)20-29(37-32(41)23-8-4-3-5-9-23)33(42)35-24-14-18-26(19-15-24)43-21-30(39)36-28-11-7-6-10-27(28)31(34)40/h3-20H,21H2,1-2H3,(H2,34,40)(H,35,42)(H,36,39)(H,37,41)/b29-20-. The molecule has 0 aliphatic carbocycles. The third-order valence-corrected chi connectivity index (χ3v) is 7.21. The van der Waals surface area contributed by atoms with Gasteiger partial charge in [-0.3, -0.25) is 19.2 Å². The van der Waals surface area contributed by atoms with Gasteiger partial charge in [0.25, 0.3) is 17.7 Å². The zero-order valence-electron chi connectivity index (χ0n) is 23.7. The van der Waals surface area contributed by atoms with E-state index in [1.165, 1.54) is 11.8 Å². The van der Waals surface area contributed by atoms with E-state index in [0.717, 1.165) is 16.1 Å². The Bertz CT molecular complexity index is 1640. The Morgan fingerprint density at radius 2 is 1.44 bits per heavy atom. The molecule has 0 aromatic heterocycles. The van der Waals surface area contributed by atoms with Gasteiger partial charge in [-0.1, -0.05) is 42.5 Å². The van der Waals surface area contributed by atoms with Crippen LogP contribution in [0.2, 0.25) is 0 Å². The summed E-state index contributed by atoms with van der Waals surface area (Å²) < 4.78 is 0. The van der Waals surface area contributed by atoms with Crippen molar-refractivity contribution in [3.8, 4) is 0 Å². The van der Waals surface area contributed by atoms with Gasteiger partial charge in [0.05, 0.1) is 17.0 Å². The molecule has 0 unspecified atom stereocenters. The second kappa shape index (κ2) is 14.5. The average molecular weight is 594 g/mol. The highest BCUT2D eigenvalue weighted by molar-refractivity contribution is 8.00. The molecule has 4 aromatic rings. The van der Waals surface area contributed by atoms with E-state index in [1.54, 1.807) is 78.9 Å². The van der Waals surface area contributed by atoms with E-state index in [9.17, 15) is 19.2 Å². The number of nitrogens with zero attached hydrogens (tertiary/aromatic N) is 1. The molecule has 0 fully saturated rings. The van der Waals surface area contributed by atoms with E-state index < -0.39 is 17.7 Å². The van der Waals surface area contributed by atoms with Crippen LogP contribution < -0.4 is 26.6 Å². The van der Waals surface area contributed by atoms with Crippen molar-refractivity contribution in [3.05, 3.63) is 126 Å². The number of nitrogens with one attached hydrogen (secondary N) is 3. The van der Waals surface area contributed by atoms with Crippen molar-refractivity contribution in [3.63, 3.8) is 0 Å². The second-order valence-electron chi connectivity index (χ2n) is 9.59. The number of hydrogen-bond donors (Lipinski definition) is 4. The summed E-state index contributed by atoms with van der Waals surface area (Å²) in [6.07, 6.45) is 1.62. The topological polar surface area (TPSA) is 134 Å². The van der Waals surface area contributed by atoms with E-state index in [4.69, 9.17) is 5.73 Å². The van der Waals surface area contributed by atoms with Crippen molar-refractivity contribution in [1.29, 1.82) is 0 Å². The van der Waals surface area contributed by atoms with Crippen LogP contribution in [0, 0.1) is 0 Å². The Balaban J connectivity index is 1.42. The summed E-state index contributed by atoms with van der Waals surface area (Å²) in [5.41, 5.74) is 8.73. The van der Waals surface area contributed by atoms with Crippen molar-refractivity contribution in [2.75, 3.05) is 35.4 Å². The molecule has 0 saturated heterocycles. The molecule has 5 N–H and O–H groups in total. The van der Waals surface area contributed by atoms with Crippen LogP contribution in [0.4, 0.5) is 17.1 Å². The summed E-state index contributed by atoms with van der Waals surface area (Å²) in [4.78, 5) is 53.0. The molecule has 218 valence electrons. The van der Waals surface area contributed by atoms with E-state index in [2.05, 4.69) is 16.0 Å². The minimum atomic E-state index is -0.624. The Labute approximate surface area is 254 Å². The van der Waals surface area contributed by atoms with Gasteiger partial charge >= 0.3 is 0 Å². The monoisotopic (exact) mass is 593 g/mol. The fourth-order valence-corrected chi connectivity index (χ4v) is 4.65. The molecule has 0 bridgehead atoms. The summed E-state index contributed by atoms with van der Waals surface area (Å²) in [6.45, 7) is 0. The lowest BCUT2D eigenvalue weighted by Gasteiger charge is -2.13. The number of carbonyl (C=O) groups excluding carboxylic acids is 4. The van der Waals surface area contributed by atoms with E-state index in [-0.39, 0.29) is 22.9 Å². The number of benzene rings is 4. The maximum atomic E-state index is 13.3. The maximum Gasteiger partial charge on any atom is 0.272 e. The number of para-hydroxylation sites is 1. The normalized spacial score (nSPS) is 10.9. The zero-order valence-corrected chi connectivity index (χ0v) is 24.5. The number of rotatable bonds is 11. The van der Waals surface area contributed by atoms with Crippen LogP contribution >= 0.6 is 11.8 Å². The highest BCUT2D eigenvalue weighted by atomic mass is 32.2. The van der Waals surface area contributed by atoms with Crippen molar-refractivity contribution in [2.45, 2.75) is 4.90 Å². The average Bonchev–Trinajstić information content (AvgIpc) is 3.01. The van der Waals surface area contributed by atoms with Crippen molar-refractivity contribution < 1.29 is 19.2 Å². The molecule has 0 heterocycles. The fraction of sp³-hybridized carbons (Fsp3) is 0.0909. The van der Waals surface area contributed by atoms with Crippen LogP contribution in [-0.2, 0) is 9.59 Å². The largest absolute Gasteiger partial charge is 0.378 e. The third kappa shape index (κ3) is 8.82. The van der Waals surface area contributed by atoms with Crippen molar-refractivity contribution in [2.24, 2.45) is 5.73 Å². The van der Waals surface area contributed by atoms with Gasteiger partial charge < -0.3 is 26.6 Å². The molecule has 0 aliphatic heterocycles. The molecule has 4 rings (SSSR count). The first-order chi connectivity index (χ1) is 20.7. The summed E-state index contributed by atoms with van der Waals surface area (Å²) in [7, 11) is 3.88. The lowest BCUT2D eigenvalue weighted by atomic mass is 10.1. The number of hydrogen-bond acceptors (Lipinski definition) is 6. The summed E-state index contributed by atoms with van der Waals surface area (Å²) >= 11 is 1.29. The Kier molecular flexibility index (Phi) is 10.3. The van der Waals surface area contributed by atoms with Gasteiger partial charge in [-0.05, 0) is 72.3 Å². The Morgan fingerprint density at radius 3 is 2.09 bits per heavy atom. The molecule has 10 heteroatoms. The first-order valence-corrected chi connectivity index (χ1v) is 14.3. The molecular weight excluding hydrogens is 562 g/mol. The summed E-state index contributed by atoms with van der Waals surface area (Å²) in [5.74, 6) is -1.71. The van der Waals surface area contributed by atoms with E-state index in [1.807, 2.05) is 49.3 Å². The third-order valence-electron chi connectivity index (χ3n) is 6.20. The molecule has 0 radical (unpaired) electrons. The SMILES string of the molecule is CN(C)c1ccc(/C=C(\NC(=O)c2ccccc2)C(=O)Nc2ccc(SCC(=O)Nc3ccccc3C(N)=O)cc2)cc1. The first-order valence-electron chi connectivity index (χ1n) is 13.3. The fourth-order valence-electron chi connectivity index (χ4n) is 3.95. The molecule has 9 nitrogen and oxygen atoms in total. The summed E-state index contributed by atoms with van der Waals surface area (Å²) in [5, 5.41) is 8.27. The van der Waals surface area contributed by atoms with E-state index >= 15 is 0 Å². The molecule has 43 heavy (non-hydrogen) atoms. The zero-order chi connectivity index (χ0) is 30.8. The molecule has 0 aliphatic rings. The minimum absolute atomic E-state index is 0.0813. The van der Waals surface area contributed by atoms with Crippen molar-refractivity contribution in [1.82, 2.24) is 5.32 Å². The highest BCUT2D eigenvalue weighted by Crippen LogP contribution is 2.22.